The SMILES string of the molecule is CCOCCOC(=O)C1COCCN1CC. The van der Waals surface area contributed by atoms with Crippen LogP contribution in [0.15, 0.2) is 0 Å². The van der Waals surface area contributed by atoms with Gasteiger partial charge in [-0.25, -0.2) is 0 Å². The van der Waals surface area contributed by atoms with Gasteiger partial charge in [0.05, 0.1) is 19.8 Å². The third-order valence-electron chi connectivity index (χ3n) is 2.59. The fraction of sp³-hybridized carbons (Fsp3) is 0.909. The predicted molar refractivity (Wildman–Crippen MR) is 59.3 cm³/mol. The summed E-state index contributed by atoms with van der Waals surface area (Å²) in [5.41, 5.74) is 0. The van der Waals surface area contributed by atoms with Crippen molar-refractivity contribution < 1.29 is 19.0 Å². The molecule has 0 spiro atoms. The number of rotatable bonds is 6. The highest BCUT2D eigenvalue weighted by Gasteiger charge is 2.29. The Morgan fingerprint density at radius 1 is 1.44 bits per heavy atom. The van der Waals surface area contributed by atoms with Crippen LogP contribution in [0.3, 0.4) is 0 Å². The minimum atomic E-state index is -0.250. The van der Waals surface area contributed by atoms with Gasteiger partial charge in [-0.2, -0.15) is 0 Å². The van der Waals surface area contributed by atoms with Crippen LogP contribution < -0.4 is 0 Å². The molecule has 0 saturated carbocycles. The van der Waals surface area contributed by atoms with Gasteiger partial charge in [0.1, 0.15) is 12.6 Å². The van der Waals surface area contributed by atoms with Gasteiger partial charge in [-0.3, -0.25) is 9.69 Å². The van der Waals surface area contributed by atoms with Crippen molar-refractivity contribution in [1.82, 2.24) is 4.90 Å². The number of hydrogen-bond acceptors (Lipinski definition) is 5. The zero-order valence-electron chi connectivity index (χ0n) is 10.1. The first-order chi connectivity index (χ1) is 7.79. The highest BCUT2D eigenvalue weighted by molar-refractivity contribution is 5.76. The fourth-order valence-corrected chi connectivity index (χ4v) is 1.68. The molecule has 1 aliphatic rings. The fourth-order valence-electron chi connectivity index (χ4n) is 1.68. The van der Waals surface area contributed by atoms with Crippen LogP contribution in [0.1, 0.15) is 13.8 Å². The molecule has 1 saturated heterocycles. The van der Waals surface area contributed by atoms with E-state index in [2.05, 4.69) is 4.90 Å². The Hall–Kier alpha value is -0.650. The second-order valence-electron chi connectivity index (χ2n) is 3.58. The van der Waals surface area contributed by atoms with Crippen LogP contribution in [-0.2, 0) is 19.0 Å². The lowest BCUT2D eigenvalue weighted by Crippen LogP contribution is -2.50. The van der Waals surface area contributed by atoms with Gasteiger partial charge in [0.25, 0.3) is 0 Å². The zero-order chi connectivity index (χ0) is 11.8. The molecule has 94 valence electrons. The third kappa shape index (κ3) is 4.08. The molecule has 16 heavy (non-hydrogen) atoms. The molecule has 1 atom stereocenters. The maximum absolute atomic E-state index is 11.7. The lowest BCUT2D eigenvalue weighted by molar-refractivity contribution is -0.157. The standard InChI is InChI=1S/C11H21NO4/c1-3-12-5-6-15-9-10(12)11(13)16-8-7-14-4-2/h10H,3-9H2,1-2H3. The molecule has 0 aromatic carbocycles. The Kier molecular flexibility index (Phi) is 6.37. The van der Waals surface area contributed by atoms with Crippen molar-refractivity contribution in [2.75, 3.05) is 46.1 Å². The van der Waals surface area contributed by atoms with Gasteiger partial charge in [-0.05, 0) is 13.5 Å². The van der Waals surface area contributed by atoms with Crippen LogP contribution in [0.5, 0.6) is 0 Å². The summed E-state index contributed by atoms with van der Waals surface area (Å²) in [6, 6.07) is -0.250. The van der Waals surface area contributed by atoms with E-state index in [4.69, 9.17) is 14.2 Å². The Morgan fingerprint density at radius 2 is 2.25 bits per heavy atom. The number of nitrogens with zero attached hydrogens (tertiary/aromatic N) is 1. The molecule has 0 aromatic rings. The Balaban J connectivity index is 2.27. The van der Waals surface area contributed by atoms with Crippen LogP contribution in [0.4, 0.5) is 0 Å². The summed E-state index contributed by atoms with van der Waals surface area (Å²) in [5, 5.41) is 0. The van der Waals surface area contributed by atoms with Gasteiger partial charge >= 0.3 is 5.97 Å². The normalized spacial score (nSPS) is 22.0. The van der Waals surface area contributed by atoms with Crippen molar-refractivity contribution in [3.63, 3.8) is 0 Å². The summed E-state index contributed by atoms with van der Waals surface area (Å²) in [6.45, 7) is 8.13. The van der Waals surface area contributed by atoms with Crippen molar-refractivity contribution in [3.05, 3.63) is 0 Å². The molecule has 1 aliphatic heterocycles. The van der Waals surface area contributed by atoms with E-state index in [1.807, 2.05) is 13.8 Å². The summed E-state index contributed by atoms with van der Waals surface area (Å²) in [7, 11) is 0. The maximum atomic E-state index is 11.7. The average molecular weight is 231 g/mol. The van der Waals surface area contributed by atoms with Crippen molar-refractivity contribution in [1.29, 1.82) is 0 Å². The van der Waals surface area contributed by atoms with Gasteiger partial charge in [-0.15, -0.1) is 0 Å². The average Bonchev–Trinajstić information content (AvgIpc) is 2.34. The van der Waals surface area contributed by atoms with Crippen LogP contribution in [0.2, 0.25) is 0 Å². The molecule has 1 unspecified atom stereocenters. The molecule has 5 heteroatoms. The van der Waals surface area contributed by atoms with Gasteiger partial charge < -0.3 is 14.2 Å². The van der Waals surface area contributed by atoms with Crippen LogP contribution >= 0.6 is 0 Å². The Bertz CT molecular complexity index is 210. The number of likely N-dealkylation sites (N-methyl/N-ethyl adjacent to an activating group) is 1. The minimum absolute atomic E-state index is 0.207. The number of carbonyl (C=O) groups excluding carboxylic acids is 1. The first kappa shape index (κ1) is 13.4. The van der Waals surface area contributed by atoms with E-state index < -0.39 is 0 Å². The van der Waals surface area contributed by atoms with Gasteiger partial charge in [0.2, 0.25) is 0 Å². The molecule has 5 nitrogen and oxygen atoms in total. The minimum Gasteiger partial charge on any atom is -0.462 e. The molecule has 0 radical (unpaired) electrons. The lowest BCUT2D eigenvalue weighted by atomic mass is 10.2. The maximum Gasteiger partial charge on any atom is 0.325 e. The van der Waals surface area contributed by atoms with E-state index >= 15 is 0 Å². The second-order valence-corrected chi connectivity index (χ2v) is 3.58. The smallest absolute Gasteiger partial charge is 0.325 e. The Morgan fingerprint density at radius 3 is 2.94 bits per heavy atom. The van der Waals surface area contributed by atoms with E-state index in [-0.39, 0.29) is 12.0 Å². The van der Waals surface area contributed by atoms with Crippen LogP contribution in [-0.4, -0.2) is 63.0 Å². The van der Waals surface area contributed by atoms with Crippen molar-refractivity contribution in [3.8, 4) is 0 Å². The van der Waals surface area contributed by atoms with Crippen molar-refractivity contribution in [2.24, 2.45) is 0 Å². The number of hydrogen-bond donors (Lipinski definition) is 0. The summed E-state index contributed by atoms with van der Waals surface area (Å²) in [4.78, 5) is 13.8. The van der Waals surface area contributed by atoms with E-state index in [0.717, 1.165) is 13.1 Å². The van der Waals surface area contributed by atoms with Crippen LogP contribution in [0, 0.1) is 0 Å². The van der Waals surface area contributed by atoms with E-state index in [1.165, 1.54) is 0 Å². The Labute approximate surface area is 96.6 Å². The molecule has 1 heterocycles. The van der Waals surface area contributed by atoms with Gasteiger partial charge in [0.15, 0.2) is 0 Å². The van der Waals surface area contributed by atoms with Gasteiger partial charge in [-0.1, -0.05) is 6.92 Å². The summed E-state index contributed by atoms with van der Waals surface area (Å²) in [5.74, 6) is -0.207. The molecule has 0 aliphatic carbocycles. The van der Waals surface area contributed by atoms with Crippen molar-refractivity contribution >= 4 is 5.97 Å². The zero-order valence-corrected chi connectivity index (χ0v) is 10.1. The van der Waals surface area contributed by atoms with E-state index in [9.17, 15) is 4.79 Å². The van der Waals surface area contributed by atoms with E-state index in [0.29, 0.717) is 33.0 Å². The van der Waals surface area contributed by atoms with Crippen LogP contribution in [0.25, 0.3) is 0 Å². The van der Waals surface area contributed by atoms with E-state index in [1.54, 1.807) is 0 Å². The molecule has 0 amide bonds. The number of esters is 1. The quantitative estimate of drug-likeness (QED) is 0.485. The molecule has 0 bridgehead atoms. The molecule has 1 fully saturated rings. The second kappa shape index (κ2) is 7.60. The molecular formula is C11H21NO4. The third-order valence-corrected chi connectivity index (χ3v) is 2.59. The predicted octanol–water partition coefficient (Wildman–Crippen LogP) is 0.287. The molecule has 0 N–H and O–H groups in total. The molecular weight excluding hydrogens is 210 g/mol. The summed E-state index contributed by atoms with van der Waals surface area (Å²) < 4.78 is 15.5. The van der Waals surface area contributed by atoms with Gasteiger partial charge in [0, 0.05) is 13.2 Å². The molecule has 0 aromatic heterocycles. The molecule has 1 rings (SSSR count). The highest BCUT2D eigenvalue weighted by Crippen LogP contribution is 2.07. The highest BCUT2D eigenvalue weighted by atomic mass is 16.6. The first-order valence-electron chi connectivity index (χ1n) is 5.85. The lowest BCUT2D eigenvalue weighted by Gasteiger charge is -2.32. The monoisotopic (exact) mass is 231 g/mol. The van der Waals surface area contributed by atoms with Crippen molar-refractivity contribution in [2.45, 2.75) is 19.9 Å². The number of carbonyl (C=O) groups is 1. The topological polar surface area (TPSA) is 48.0 Å². The first-order valence-corrected chi connectivity index (χ1v) is 5.85. The number of morpholine rings is 1. The summed E-state index contributed by atoms with van der Waals surface area (Å²) in [6.07, 6.45) is 0. The number of ether oxygens (including phenoxy) is 3. The summed E-state index contributed by atoms with van der Waals surface area (Å²) >= 11 is 0. The largest absolute Gasteiger partial charge is 0.462 e.